The fourth-order valence-electron chi connectivity index (χ4n) is 2.50. The van der Waals surface area contributed by atoms with E-state index in [2.05, 4.69) is 15.3 Å². The number of hydrogen-bond donors (Lipinski definition) is 1. The van der Waals surface area contributed by atoms with Crippen LogP contribution in [-0.2, 0) is 6.54 Å². The van der Waals surface area contributed by atoms with Crippen LogP contribution in [-0.4, -0.2) is 29.1 Å². The number of benzene rings is 1. The molecule has 1 saturated heterocycles. The molecule has 3 rings (SSSR count). The standard InChI is InChI=1S/C15H15Cl2FN4/c16-11-2-1-10(14(17)5-11)6-19-13-3-4-22(9-13)15-20-7-12(18)8-21-15/h1-2,5,7-8,13,19H,3-4,6,9H2/t13-/m0/s1. The van der Waals surface area contributed by atoms with Crippen molar-refractivity contribution in [1.29, 1.82) is 0 Å². The molecule has 0 aliphatic carbocycles. The van der Waals surface area contributed by atoms with Crippen LogP contribution in [0.15, 0.2) is 30.6 Å². The van der Waals surface area contributed by atoms with E-state index in [-0.39, 0.29) is 0 Å². The minimum absolute atomic E-state index is 0.320. The second kappa shape index (κ2) is 6.77. The molecule has 22 heavy (non-hydrogen) atoms. The molecule has 2 aromatic rings. The summed E-state index contributed by atoms with van der Waals surface area (Å²) in [7, 11) is 0. The second-order valence-corrected chi connectivity index (χ2v) is 6.09. The van der Waals surface area contributed by atoms with Crippen molar-refractivity contribution >= 4 is 29.2 Å². The molecule has 1 aliphatic rings. The van der Waals surface area contributed by atoms with Crippen LogP contribution >= 0.6 is 23.2 Å². The molecule has 0 bridgehead atoms. The highest BCUT2D eigenvalue weighted by Gasteiger charge is 2.24. The van der Waals surface area contributed by atoms with E-state index in [1.807, 2.05) is 17.0 Å². The van der Waals surface area contributed by atoms with Gasteiger partial charge in [0.25, 0.3) is 0 Å². The van der Waals surface area contributed by atoms with Crippen molar-refractivity contribution in [1.82, 2.24) is 15.3 Å². The fourth-order valence-corrected chi connectivity index (χ4v) is 2.97. The summed E-state index contributed by atoms with van der Waals surface area (Å²) in [5.74, 6) is 0.144. The first-order valence-electron chi connectivity index (χ1n) is 7.01. The van der Waals surface area contributed by atoms with Gasteiger partial charge >= 0.3 is 0 Å². The van der Waals surface area contributed by atoms with Crippen LogP contribution in [0.3, 0.4) is 0 Å². The molecule has 0 amide bonds. The minimum Gasteiger partial charge on any atom is -0.339 e. The predicted molar refractivity (Wildman–Crippen MR) is 85.9 cm³/mol. The summed E-state index contributed by atoms with van der Waals surface area (Å²) in [6.07, 6.45) is 3.36. The molecule has 1 aromatic carbocycles. The van der Waals surface area contributed by atoms with Crippen LogP contribution in [0.2, 0.25) is 10.0 Å². The lowest BCUT2D eigenvalue weighted by Gasteiger charge is -2.17. The quantitative estimate of drug-likeness (QED) is 0.927. The number of nitrogens with zero attached hydrogens (tertiary/aromatic N) is 3. The number of nitrogens with one attached hydrogen (secondary N) is 1. The van der Waals surface area contributed by atoms with Crippen molar-refractivity contribution in [2.45, 2.75) is 19.0 Å². The molecule has 0 spiro atoms. The Morgan fingerprint density at radius 3 is 2.77 bits per heavy atom. The smallest absolute Gasteiger partial charge is 0.225 e. The van der Waals surface area contributed by atoms with Crippen molar-refractivity contribution < 1.29 is 4.39 Å². The van der Waals surface area contributed by atoms with Gasteiger partial charge in [-0.05, 0) is 24.1 Å². The van der Waals surface area contributed by atoms with Gasteiger partial charge in [-0.1, -0.05) is 29.3 Å². The Labute approximate surface area is 138 Å². The summed E-state index contributed by atoms with van der Waals surface area (Å²) < 4.78 is 12.8. The normalized spacial score (nSPS) is 18.0. The Bertz CT molecular complexity index is 650. The van der Waals surface area contributed by atoms with Crippen molar-refractivity contribution in [3.05, 3.63) is 52.0 Å². The van der Waals surface area contributed by atoms with Crippen molar-refractivity contribution in [2.24, 2.45) is 0 Å². The first kappa shape index (κ1) is 15.5. The Balaban J connectivity index is 1.56. The number of hydrogen-bond acceptors (Lipinski definition) is 4. The molecule has 1 atom stereocenters. The number of rotatable bonds is 4. The first-order chi connectivity index (χ1) is 10.6. The van der Waals surface area contributed by atoms with Gasteiger partial charge in [0.2, 0.25) is 5.95 Å². The molecule has 1 fully saturated rings. The minimum atomic E-state index is -0.421. The van der Waals surface area contributed by atoms with Gasteiger partial charge in [0.05, 0.1) is 12.4 Å². The van der Waals surface area contributed by atoms with Crippen LogP contribution < -0.4 is 10.2 Å². The SMILES string of the molecule is Fc1cnc(N2CC[C@H](NCc3ccc(Cl)cc3Cl)C2)nc1. The monoisotopic (exact) mass is 340 g/mol. The highest BCUT2D eigenvalue weighted by atomic mass is 35.5. The topological polar surface area (TPSA) is 41.1 Å². The van der Waals surface area contributed by atoms with E-state index in [0.717, 1.165) is 25.1 Å². The fraction of sp³-hybridized carbons (Fsp3) is 0.333. The molecule has 0 saturated carbocycles. The van der Waals surface area contributed by atoms with E-state index in [1.165, 1.54) is 12.4 Å². The average molecular weight is 341 g/mol. The van der Waals surface area contributed by atoms with Gasteiger partial charge in [-0.3, -0.25) is 0 Å². The van der Waals surface area contributed by atoms with Crippen LogP contribution in [0.4, 0.5) is 10.3 Å². The zero-order valence-corrected chi connectivity index (χ0v) is 13.3. The summed E-state index contributed by atoms with van der Waals surface area (Å²) in [5.41, 5.74) is 1.02. The van der Waals surface area contributed by atoms with E-state index in [1.54, 1.807) is 6.07 Å². The molecule has 0 unspecified atom stereocenters. The zero-order valence-electron chi connectivity index (χ0n) is 11.8. The molecule has 1 aliphatic heterocycles. The summed E-state index contributed by atoms with van der Waals surface area (Å²) in [5, 5.41) is 4.77. The third-order valence-electron chi connectivity index (χ3n) is 3.67. The van der Waals surface area contributed by atoms with Gasteiger partial charge in [-0.25, -0.2) is 14.4 Å². The highest BCUT2D eigenvalue weighted by molar-refractivity contribution is 6.35. The van der Waals surface area contributed by atoms with Crippen molar-refractivity contribution in [3.63, 3.8) is 0 Å². The third kappa shape index (κ3) is 3.66. The summed E-state index contributed by atoms with van der Waals surface area (Å²) in [4.78, 5) is 10.1. The number of anilines is 1. The lowest BCUT2D eigenvalue weighted by Crippen LogP contribution is -2.32. The largest absolute Gasteiger partial charge is 0.339 e. The van der Waals surface area contributed by atoms with Gasteiger partial charge in [-0.2, -0.15) is 0 Å². The number of aromatic nitrogens is 2. The van der Waals surface area contributed by atoms with E-state index < -0.39 is 5.82 Å². The molecule has 116 valence electrons. The van der Waals surface area contributed by atoms with E-state index >= 15 is 0 Å². The lowest BCUT2D eigenvalue weighted by atomic mass is 10.2. The maximum Gasteiger partial charge on any atom is 0.225 e. The maximum atomic E-state index is 12.8. The molecule has 4 nitrogen and oxygen atoms in total. The molecule has 1 N–H and O–H groups in total. The molecule has 2 heterocycles. The molecule has 7 heteroatoms. The van der Waals surface area contributed by atoms with Gasteiger partial charge in [-0.15, -0.1) is 0 Å². The van der Waals surface area contributed by atoms with Gasteiger partial charge in [0.1, 0.15) is 0 Å². The average Bonchev–Trinajstić information content (AvgIpc) is 2.96. The van der Waals surface area contributed by atoms with Crippen molar-refractivity contribution in [2.75, 3.05) is 18.0 Å². The van der Waals surface area contributed by atoms with Crippen LogP contribution in [0, 0.1) is 5.82 Å². The summed E-state index contributed by atoms with van der Waals surface area (Å²) in [6, 6.07) is 5.82. The van der Waals surface area contributed by atoms with E-state index in [9.17, 15) is 4.39 Å². The molecule has 1 aromatic heterocycles. The Morgan fingerprint density at radius 2 is 2.05 bits per heavy atom. The Morgan fingerprint density at radius 1 is 1.27 bits per heavy atom. The van der Waals surface area contributed by atoms with Gasteiger partial charge < -0.3 is 10.2 Å². The highest BCUT2D eigenvalue weighted by Crippen LogP contribution is 2.22. The van der Waals surface area contributed by atoms with E-state index in [4.69, 9.17) is 23.2 Å². The zero-order chi connectivity index (χ0) is 15.5. The Kier molecular flexibility index (Phi) is 4.76. The van der Waals surface area contributed by atoms with Crippen LogP contribution in [0.1, 0.15) is 12.0 Å². The van der Waals surface area contributed by atoms with Crippen LogP contribution in [0.5, 0.6) is 0 Å². The maximum absolute atomic E-state index is 12.8. The van der Waals surface area contributed by atoms with Gasteiger partial charge in [0.15, 0.2) is 5.82 Å². The number of halogens is 3. The molecular weight excluding hydrogens is 326 g/mol. The molecule has 0 radical (unpaired) electrons. The Hall–Kier alpha value is -1.43. The third-order valence-corrected chi connectivity index (χ3v) is 4.26. The predicted octanol–water partition coefficient (Wildman–Crippen LogP) is 3.29. The van der Waals surface area contributed by atoms with Gasteiger partial charge in [0, 0.05) is 35.7 Å². The van der Waals surface area contributed by atoms with Crippen LogP contribution in [0.25, 0.3) is 0 Å². The second-order valence-electron chi connectivity index (χ2n) is 5.25. The van der Waals surface area contributed by atoms with Crippen molar-refractivity contribution in [3.8, 4) is 0 Å². The molecular formula is C15H15Cl2FN4. The lowest BCUT2D eigenvalue weighted by molar-refractivity contribution is 0.551. The van der Waals surface area contributed by atoms with E-state index in [0.29, 0.717) is 28.6 Å². The summed E-state index contributed by atoms with van der Waals surface area (Å²) >= 11 is 12.1. The summed E-state index contributed by atoms with van der Waals surface area (Å²) in [6.45, 7) is 2.31. The first-order valence-corrected chi connectivity index (χ1v) is 7.77.